The summed E-state index contributed by atoms with van der Waals surface area (Å²) in [6.45, 7) is -0.503. The van der Waals surface area contributed by atoms with Crippen molar-refractivity contribution in [2.45, 2.75) is 23.8 Å². The van der Waals surface area contributed by atoms with Crippen LogP contribution in [-0.4, -0.2) is 41.1 Å². The Hall–Kier alpha value is -2.87. The first-order valence-electron chi connectivity index (χ1n) is 9.23. The van der Waals surface area contributed by atoms with Crippen molar-refractivity contribution in [3.05, 3.63) is 66.0 Å². The van der Waals surface area contributed by atoms with Crippen molar-refractivity contribution >= 4 is 35.2 Å². The molecule has 2 aromatic carbocycles. The summed E-state index contributed by atoms with van der Waals surface area (Å²) in [6.07, 6.45) is 0.996. The Morgan fingerprint density at radius 3 is 2.76 bits per heavy atom. The molecule has 2 aromatic rings. The molecule has 0 aromatic heterocycles. The molecule has 2 atom stereocenters. The van der Waals surface area contributed by atoms with Gasteiger partial charge in [0.1, 0.15) is 16.7 Å². The van der Waals surface area contributed by atoms with E-state index in [0.717, 1.165) is 5.56 Å². The topological polar surface area (TPSA) is 75.7 Å². The highest BCUT2D eigenvalue weighted by molar-refractivity contribution is 8.00. The standard InChI is InChI=1S/C21H19FN2O4S/c22-15-7-4-8-16(11-15)23-18(25)12-28-20(27)17-13-29-21(10-9-19(26)24(17)21)14-5-2-1-3-6-14/h1-8,11,17H,9-10,12-13H2,(H,23,25)/t17-,21+/m1/s1. The fourth-order valence-corrected chi connectivity index (χ4v) is 5.45. The minimum atomic E-state index is -0.739. The van der Waals surface area contributed by atoms with E-state index in [1.165, 1.54) is 24.3 Å². The largest absolute Gasteiger partial charge is 0.454 e. The number of thioether (sulfide) groups is 1. The summed E-state index contributed by atoms with van der Waals surface area (Å²) >= 11 is 1.55. The smallest absolute Gasteiger partial charge is 0.330 e. The lowest BCUT2D eigenvalue weighted by molar-refractivity contribution is -0.155. The van der Waals surface area contributed by atoms with Crippen molar-refractivity contribution in [3.63, 3.8) is 0 Å². The normalized spacial score (nSPS) is 23.0. The number of hydrogen-bond acceptors (Lipinski definition) is 5. The number of amides is 2. The number of halogens is 1. The molecule has 2 fully saturated rings. The molecule has 0 spiro atoms. The fourth-order valence-electron chi connectivity index (χ4n) is 3.81. The molecule has 6 nitrogen and oxygen atoms in total. The number of rotatable bonds is 5. The van der Waals surface area contributed by atoms with Gasteiger partial charge in [-0.05, 0) is 30.2 Å². The maximum absolute atomic E-state index is 13.2. The highest BCUT2D eigenvalue weighted by Gasteiger charge is 2.57. The minimum absolute atomic E-state index is 0.0926. The monoisotopic (exact) mass is 414 g/mol. The van der Waals surface area contributed by atoms with Crippen molar-refractivity contribution in [1.29, 1.82) is 0 Å². The molecule has 0 unspecified atom stereocenters. The van der Waals surface area contributed by atoms with Gasteiger partial charge in [0.05, 0.1) is 0 Å². The Bertz CT molecular complexity index is 955. The Labute approximate surface area is 171 Å². The van der Waals surface area contributed by atoms with Crippen LogP contribution < -0.4 is 5.32 Å². The fraction of sp³-hybridized carbons (Fsp3) is 0.286. The number of carbonyl (C=O) groups excluding carboxylic acids is 3. The predicted octanol–water partition coefficient (Wildman–Crippen LogP) is 2.90. The summed E-state index contributed by atoms with van der Waals surface area (Å²) < 4.78 is 18.4. The Morgan fingerprint density at radius 1 is 1.21 bits per heavy atom. The van der Waals surface area contributed by atoms with E-state index in [2.05, 4.69) is 5.32 Å². The van der Waals surface area contributed by atoms with Crippen LogP contribution >= 0.6 is 11.8 Å². The average Bonchev–Trinajstić information content (AvgIpc) is 3.26. The van der Waals surface area contributed by atoms with Crippen molar-refractivity contribution in [2.75, 3.05) is 17.7 Å². The van der Waals surface area contributed by atoms with Crippen LogP contribution in [-0.2, 0) is 24.0 Å². The van der Waals surface area contributed by atoms with Crippen LogP contribution in [0.4, 0.5) is 10.1 Å². The van der Waals surface area contributed by atoms with E-state index in [1.54, 1.807) is 16.7 Å². The molecule has 0 bridgehead atoms. The Kier molecular flexibility index (Phi) is 5.27. The first-order valence-corrected chi connectivity index (χ1v) is 10.2. The zero-order valence-corrected chi connectivity index (χ0v) is 16.3. The molecule has 150 valence electrons. The first-order chi connectivity index (χ1) is 14.0. The van der Waals surface area contributed by atoms with Crippen LogP contribution in [0.5, 0.6) is 0 Å². The van der Waals surface area contributed by atoms with Gasteiger partial charge in [-0.25, -0.2) is 9.18 Å². The zero-order valence-electron chi connectivity index (χ0n) is 15.5. The first kappa shape index (κ1) is 19.4. The summed E-state index contributed by atoms with van der Waals surface area (Å²) in [6, 6.07) is 14.3. The molecule has 8 heteroatoms. The number of fused-ring (bicyclic) bond motifs is 1. The van der Waals surface area contributed by atoms with E-state index < -0.39 is 35.2 Å². The number of hydrogen-bond donors (Lipinski definition) is 1. The van der Waals surface area contributed by atoms with E-state index in [0.29, 0.717) is 18.6 Å². The summed E-state index contributed by atoms with van der Waals surface area (Å²) in [5.74, 6) is -1.35. The van der Waals surface area contributed by atoms with Gasteiger partial charge >= 0.3 is 5.97 Å². The zero-order chi connectivity index (χ0) is 20.4. The van der Waals surface area contributed by atoms with Crippen molar-refractivity contribution in [2.24, 2.45) is 0 Å². The molecule has 2 aliphatic heterocycles. The Morgan fingerprint density at radius 2 is 2.00 bits per heavy atom. The van der Waals surface area contributed by atoms with E-state index in [1.807, 2.05) is 30.3 Å². The summed E-state index contributed by atoms with van der Waals surface area (Å²) in [5.41, 5.74) is 1.26. The van der Waals surface area contributed by atoms with Crippen LogP contribution in [0.25, 0.3) is 0 Å². The van der Waals surface area contributed by atoms with Crippen LogP contribution in [0.2, 0.25) is 0 Å². The quantitative estimate of drug-likeness (QED) is 0.762. The number of benzene rings is 2. The maximum Gasteiger partial charge on any atom is 0.330 e. The van der Waals surface area contributed by atoms with Gasteiger partial charge in [0.15, 0.2) is 6.61 Å². The second kappa shape index (κ2) is 7.87. The molecule has 0 aliphatic carbocycles. The number of esters is 1. The number of ether oxygens (including phenoxy) is 1. The molecular formula is C21H19FN2O4S. The summed E-state index contributed by atoms with van der Waals surface area (Å²) in [4.78, 5) is 38.3. The van der Waals surface area contributed by atoms with Crippen LogP contribution in [0.1, 0.15) is 18.4 Å². The molecular weight excluding hydrogens is 395 g/mol. The van der Waals surface area contributed by atoms with E-state index >= 15 is 0 Å². The van der Waals surface area contributed by atoms with Crippen molar-refractivity contribution in [1.82, 2.24) is 4.90 Å². The molecule has 0 radical (unpaired) electrons. The van der Waals surface area contributed by atoms with Gasteiger partial charge in [0.25, 0.3) is 5.91 Å². The van der Waals surface area contributed by atoms with E-state index in [9.17, 15) is 18.8 Å². The van der Waals surface area contributed by atoms with E-state index in [4.69, 9.17) is 4.74 Å². The molecule has 0 saturated carbocycles. The second-order valence-corrected chi connectivity index (χ2v) is 8.20. The molecule has 2 amide bonds. The third kappa shape index (κ3) is 3.72. The van der Waals surface area contributed by atoms with Gasteiger partial charge in [-0.1, -0.05) is 36.4 Å². The van der Waals surface area contributed by atoms with Crippen LogP contribution in [0.3, 0.4) is 0 Å². The Balaban J connectivity index is 1.41. The number of carbonyl (C=O) groups is 3. The highest BCUT2D eigenvalue weighted by atomic mass is 32.2. The van der Waals surface area contributed by atoms with Crippen LogP contribution in [0.15, 0.2) is 54.6 Å². The molecule has 29 heavy (non-hydrogen) atoms. The molecule has 2 saturated heterocycles. The summed E-state index contributed by atoms with van der Waals surface area (Å²) in [5, 5.41) is 2.48. The van der Waals surface area contributed by atoms with Gasteiger partial charge in [-0.15, -0.1) is 11.8 Å². The lowest BCUT2D eigenvalue weighted by Gasteiger charge is -2.33. The average molecular weight is 414 g/mol. The van der Waals surface area contributed by atoms with Crippen molar-refractivity contribution in [3.8, 4) is 0 Å². The third-order valence-electron chi connectivity index (χ3n) is 5.08. The lowest BCUT2D eigenvalue weighted by Crippen LogP contribution is -2.47. The van der Waals surface area contributed by atoms with Crippen molar-refractivity contribution < 1.29 is 23.5 Å². The molecule has 2 aliphatic rings. The lowest BCUT2D eigenvalue weighted by atomic mass is 10.0. The van der Waals surface area contributed by atoms with Gasteiger partial charge in [-0.3, -0.25) is 9.59 Å². The van der Waals surface area contributed by atoms with Gasteiger partial charge < -0.3 is 15.0 Å². The van der Waals surface area contributed by atoms with Crippen LogP contribution in [0, 0.1) is 5.82 Å². The highest BCUT2D eigenvalue weighted by Crippen LogP contribution is 2.54. The predicted molar refractivity (Wildman–Crippen MR) is 106 cm³/mol. The number of nitrogens with one attached hydrogen (secondary N) is 1. The summed E-state index contributed by atoms with van der Waals surface area (Å²) in [7, 11) is 0. The number of nitrogens with zero attached hydrogens (tertiary/aromatic N) is 1. The van der Waals surface area contributed by atoms with Gasteiger partial charge in [0.2, 0.25) is 5.91 Å². The van der Waals surface area contributed by atoms with Gasteiger partial charge in [0, 0.05) is 17.9 Å². The molecule has 2 heterocycles. The van der Waals surface area contributed by atoms with E-state index in [-0.39, 0.29) is 11.6 Å². The molecule has 1 N–H and O–H groups in total. The van der Waals surface area contributed by atoms with Gasteiger partial charge in [-0.2, -0.15) is 0 Å². The minimum Gasteiger partial charge on any atom is -0.454 e. The second-order valence-electron chi connectivity index (χ2n) is 6.91. The number of anilines is 1. The maximum atomic E-state index is 13.2. The SMILES string of the molecule is O=C(COC(=O)[C@H]1CS[C@]2(c3ccccc3)CCC(=O)N12)Nc1cccc(F)c1. The third-order valence-corrected chi connectivity index (χ3v) is 6.67. The molecule has 4 rings (SSSR count).